The van der Waals surface area contributed by atoms with E-state index in [0.29, 0.717) is 5.90 Å². The molecule has 2 fully saturated rings. The summed E-state index contributed by atoms with van der Waals surface area (Å²) in [4.78, 5) is 13.8. The molecule has 0 aromatic heterocycles. The second-order valence-electron chi connectivity index (χ2n) is 8.63. The highest BCUT2D eigenvalue weighted by Crippen LogP contribution is 2.30. The number of benzene rings is 2. The van der Waals surface area contributed by atoms with Crippen molar-refractivity contribution in [2.75, 3.05) is 19.6 Å². The Morgan fingerprint density at radius 1 is 1.19 bits per heavy atom. The lowest BCUT2D eigenvalue weighted by Gasteiger charge is -2.46. The molecule has 2 saturated heterocycles. The van der Waals surface area contributed by atoms with Gasteiger partial charge in [0.1, 0.15) is 5.75 Å². The van der Waals surface area contributed by atoms with Crippen LogP contribution in [0.25, 0.3) is 0 Å². The van der Waals surface area contributed by atoms with E-state index in [1.807, 2.05) is 54.4 Å². The van der Waals surface area contributed by atoms with Gasteiger partial charge in [-0.15, -0.1) is 5.10 Å². The summed E-state index contributed by atoms with van der Waals surface area (Å²) in [6.45, 7) is 5.02. The summed E-state index contributed by atoms with van der Waals surface area (Å²) in [5, 5.41) is 18.2. The SMILES string of the molecule is CCC1(O)CN(Cc2ccc(OC3CCN3N3N=C(c4ccccc4)OC3C=O)cc2)C1. The Hall–Kier alpha value is -2.94. The van der Waals surface area contributed by atoms with Crippen LogP contribution in [-0.2, 0) is 16.1 Å². The molecule has 3 heterocycles. The van der Waals surface area contributed by atoms with Crippen LogP contribution in [0, 0.1) is 0 Å². The van der Waals surface area contributed by atoms with Crippen LogP contribution in [0.4, 0.5) is 0 Å². The average Bonchev–Trinajstić information content (AvgIpc) is 3.20. The van der Waals surface area contributed by atoms with Gasteiger partial charge in [-0.3, -0.25) is 9.69 Å². The lowest BCUT2D eigenvalue weighted by molar-refractivity contribution is -0.218. The zero-order valence-corrected chi connectivity index (χ0v) is 18.1. The topological polar surface area (TPSA) is 77.8 Å². The Bertz CT molecular complexity index is 975. The third-order valence-electron chi connectivity index (χ3n) is 6.29. The van der Waals surface area contributed by atoms with Crippen molar-refractivity contribution in [2.24, 2.45) is 5.10 Å². The molecule has 168 valence electrons. The van der Waals surface area contributed by atoms with Crippen LogP contribution in [0.1, 0.15) is 30.9 Å². The summed E-state index contributed by atoms with van der Waals surface area (Å²) in [5.41, 5.74) is 1.50. The number of rotatable bonds is 8. The summed E-state index contributed by atoms with van der Waals surface area (Å²) >= 11 is 0. The minimum atomic E-state index is -0.794. The van der Waals surface area contributed by atoms with Gasteiger partial charge in [-0.25, -0.2) is 0 Å². The Kier molecular flexibility index (Phi) is 5.58. The van der Waals surface area contributed by atoms with Crippen LogP contribution in [0.3, 0.4) is 0 Å². The van der Waals surface area contributed by atoms with Gasteiger partial charge >= 0.3 is 0 Å². The number of β-amino-alcohol motifs (C(OH)–C–C–N with tert-alkyl or cyclic N) is 1. The van der Waals surface area contributed by atoms with Gasteiger partial charge in [0.05, 0.1) is 5.60 Å². The van der Waals surface area contributed by atoms with E-state index in [2.05, 4.69) is 22.1 Å². The number of hydrazone groups is 1. The Balaban J connectivity index is 1.19. The minimum absolute atomic E-state index is 0.208. The van der Waals surface area contributed by atoms with Crippen molar-refractivity contribution >= 4 is 12.2 Å². The quantitative estimate of drug-likeness (QED) is 0.636. The lowest BCUT2D eigenvalue weighted by atomic mass is 9.91. The summed E-state index contributed by atoms with van der Waals surface area (Å²) in [7, 11) is 0. The number of aldehydes is 1. The highest BCUT2D eigenvalue weighted by Gasteiger charge is 2.42. The molecule has 2 aromatic carbocycles. The smallest absolute Gasteiger partial charge is 0.260 e. The summed E-state index contributed by atoms with van der Waals surface area (Å²) in [6, 6.07) is 17.6. The Morgan fingerprint density at radius 2 is 1.94 bits per heavy atom. The van der Waals surface area contributed by atoms with Gasteiger partial charge in [0.2, 0.25) is 5.90 Å². The van der Waals surface area contributed by atoms with E-state index < -0.39 is 11.8 Å². The second-order valence-corrected chi connectivity index (χ2v) is 8.63. The maximum Gasteiger partial charge on any atom is 0.260 e. The van der Waals surface area contributed by atoms with Crippen molar-refractivity contribution < 1.29 is 19.4 Å². The van der Waals surface area contributed by atoms with Crippen LogP contribution in [0.5, 0.6) is 5.75 Å². The molecule has 0 bridgehead atoms. The molecule has 0 saturated carbocycles. The molecule has 0 aliphatic carbocycles. The van der Waals surface area contributed by atoms with Crippen molar-refractivity contribution in [3.63, 3.8) is 0 Å². The normalized spacial score (nSPS) is 24.8. The van der Waals surface area contributed by atoms with Crippen molar-refractivity contribution in [3.8, 4) is 5.75 Å². The molecule has 32 heavy (non-hydrogen) atoms. The van der Waals surface area contributed by atoms with Crippen molar-refractivity contribution in [1.29, 1.82) is 0 Å². The predicted octanol–water partition coefficient (Wildman–Crippen LogP) is 2.19. The molecule has 8 heteroatoms. The van der Waals surface area contributed by atoms with Gasteiger partial charge in [-0.2, -0.15) is 10.1 Å². The largest absolute Gasteiger partial charge is 0.473 e. The third-order valence-corrected chi connectivity index (χ3v) is 6.29. The zero-order chi connectivity index (χ0) is 22.1. The molecule has 2 atom stereocenters. The summed E-state index contributed by atoms with van der Waals surface area (Å²) in [5.74, 6) is 1.20. The second kappa shape index (κ2) is 8.54. The van der Waals surface area contributed by atoms with E-state index in [-0.39, 0.29) is 6.23 Å². The number of hydrazine groups is 1. The standard InChI is InChI=1S/C24H28N4O4/c1-2-24(30)16-26(17-24)14-18-8-10-20(11-9-18)31-21-12-13-27(21)28-22(15-29)32-23(25-28)19-6-4-3-5-7-19/h3-11,15,21-22,30H,2,12-14,16-17H2,1H3. The molecular weight excluding hydrogens is 408 g/mol. The van der Waals surface area contributed by atoms with Gasteiger partial charge in [-0.05, 0) is 36.2 Å². The Labute approximate surface area is 187 Å². The summed E-state index contributed by atoms with van der Waals surface area (Å²) in [6.07, 6.45) is 1.37. The molecule has 0 radical (unpaired) electrons. The first kappa shape index (κ1) is 20.9. The highest BCUT2D eigenvalue weighted by molar-refractivity contribution is 5.95. The maximum atomic E-state index is 11.6. The van der Waals surface area contributed by atoms with E-state index in [0.717, 1.165) is 56.6 Å². The third kappa shape index (κ3) is 4.09. The van der Waals surface area contributed by atoms with Crippen LogP contribution >= 0.6 is 0 Å². The average molecular weight is 437 g/mol. The van der Waals surface area contributed by atoms with Crippen molar-refractivity contribution in [1.82, 2.24) is 15.0 Å². The number of carbonyl (C=O) groups excluding carboxylic acids is 1. The molecule has 8 nitrogen and oxygen atoms in total. The number of nitrogens with zero attached hydrogens (tertiary/aromatic N) is 4. The highest BCUT2D eigenvalue weighted by atomic mass is 16.6. The number of hydrogen-bond donors (Lipinski definition) is 1. The first-order chi connectivity index (χ1) is 15.6. The zero-order valence-electron chi connectivity index (χ0n) is 18.1. The molecule has 3 aliphatic rings. The fourth-order valence-corrected chi connectivity index (χ4v) is 4.24. The van der Waals surface area contributed by atoms with E-state index in [4.69, 9.17) is 9.47 Å². The van der Waals surface area contributed by atoms with E-state index in [1.54, 1.807) is 5.12 Å². The van der Waals surface area contributed by atoms with Crippen LogP contribution < -0.4 is 4.74 Å². The number of aliphatic hydroxyl groups is 1. The molecule has 3 aliphatic heterocycles. The molecule has 1 N–H and O–H groups in total. The van der Waals surface area contributed by atoms with Crippen LogP contribution in [0.2, 0.25) is 0 Å². The number of carbonyl (C=O) groups is 1. The Morgan fingerprint density at radius 3 is 2.56 bits per heavy atom. The van der Waals surface area contributed by atoms with Crippen molar-refractivity contribution in [2.45, 2.75) is 44.4 Å². The summed E-state index contributed by atoms with van der Waals surface area (Å²) < 4.78 is 11.9. The number of likely N-dealkylation sites (tertiary alicyclic amines) is 1. The van der Waals surface area contributed by atoms with Gasteiger partial charge < -0.3 is 14.6 Å². The first-order valence-electron chi connectivity index (χ1n) is 11.1. The van der Waals surface area contributed by atoms with Crippen molar-refractivity contribution in [3.05, 3.63) is 65.7 Å². The van der Waals surface area contributed by atoms with Gasteiger partial charge in [0.25, 0.3) is 6.23 Å². The molecule has 2 aromatic rings. The van der Waals surface area contributed by atoms with Crippen LogP contribution in [0.15, 0.2) is 59.7 Å². The number of ether oxygens (including phenoxy) is 2. The molecule has 0 spiro atoms. The van der Waals surface area contributed by atoms with Gasteiger partial charge in [0, 0.05) is 38.2 Å². The van der Waals surface area contributed by atoms with E-state index in [1.165, 1.54) is 5.56 Å². The molecule has 0 amide bonds. The fraction of sp³-hybridized carbons (Fsp3) is 0.417. The monoisotopic (exact) mass is 436 g/mol. The lowest BCUT2D eigenvalue weighted by Crippen LogP contribution is -2.60. The predicted molar refractivity (Wildman–Crippen MR) is 118 cm³/mol. The first-order valence-corrected chi connectivity index (χ1v) is 11.1. The van der Waals surface area contributed by atoms with Crippen LogP contribution in [-0.4, -0.2) is 70.0 Å². The van der Waals surface area contributed by atoms with E-state index in [9.17, 15) is 9.90 Å². The minimum Gasteiger partial charge on any atom is -0.473 e. The molecule has 5 rings (SSSR count). The number of hydrogen-bond acceptors (Lipinski definition) is 8. The van der Waals surface area contributed by atoms with E-state index >= 15 is 0 Å². The molecular formula is C24H28N4O4. The molecule has 2 unspecified atom stereocenters. The maximum absolute atomic E-state index is 11.6. The van der Waals surface area contributed by atoms with Gasteiger partial charge in [0.15, 0.2) is 12.5 Å². The fourth-order valence-electron chi connectivity index (χ4n) is 4.24. The van der Waals surface area contributed by atoms with Gasteiger partial charge in [-0.1, -0.05) is 37.3 Å².